The molecule has 6 rings (SSSR count). The number of nitriles is 3. The number of nitrogens with zero attached hydrogens (tertiary/aromatic N) is 10. The highest BCUT2D eigenvalue weighted by molar-refractivity contribution is 5.47. The fraction of sp³-hybridized carbons (Fsp3) is 0.443. The van der Waals surface area contributed by atoms with E-state index in [1.807, 2.05) is 72.8 Å². The molecule has 0 aromatic heterocycles. The molecule has 83 heavy (non-hydrogen) atoms. The summed E-state index contributed by atoms with van der Waals surface area (Å²) in [4.78, 5) is 0. The van der Waals surface area contributed by atoms with Crippen LogP contribution >= 0.6 is 0 Å². The second kappa shape index (κ2) is 39.4. The minimum absolute atomic E-state index is 0.607. The zero-order valence-electron chi connectivity index (χ0n) is 49.3. The maximum absolute atomic E-state index is 8.99. The van der Waals surface area contributed by atoms with Crippen LogP contribution < -0.4 is 14.2 Å². The van der Waals surface area contributed by atoms with Crippen LogP contribution in [0.3, 0.4) is 0 Å². The first-order chi connectivity index (χ1) is 40.9. The van der Waals surface area contributed by atoms with Gasteiger partial charge in [0.25, 0.3) is 0 Å². The van der Waals surface area contributed by atoms with Gasteiger partial charge in [0, 0.05) is 0 Å². The molecule has 0 saturated carbocycles. The van der Waals surface area contributed by atoms with E-state index in [0.29, 0.717) is 33.8 Å². The van der Waals surface area contributed by atoms with E-state index < -0.39 is 0 Å². The Kier molecular flexibility index (Phi) is 30.4. The van der Waals surface area contributed by atoms with E-state index >= 15 is 0 Å². The third-order valence-corrected chi connectivity index (χ3v) is 14.9. The van der Waals surface area contributed by atoms with Crippen molar-refractivity contribution in [3.63, 3.8) is 0 Å². The Morgan fingerprint density at radius 2 is 0.446 bits per heavy atom. The van der Waals surface area contributed by atoms with Crippen molar-refractivity contribution in [2.24, 2.45) is 30.7 Å². The molecule has 434 valence electrons. The van der Waals surface area contributed by atoms with Gasteiger partial charge >= 0.3 is 0 Å². The summed E-state index contributed by atoms with van der Waals surface area (Å²) >= 11 is 0. The third kappa shape index (κ3) is 27.5. The van der Waals surface area contributed by atoms with Crippen molar-refractivity contribution in [1.82, 2.24) is 0 Å². The molecule has 6 aromatic carbocycles. The van der Waals surface area contributed by atoms with Crippen molar-refractivity contribution in [3.05, 3.63) is 162 Å². The SMILES string of the molecule is C[N+](CCCCCCCCCCOc1ccc(N=Nc2ccc(C#N)cc2)cc1)(CCCCCCCCCCOc1ccc(N=Nc2ccc(C#N)cc2)cc1)CCCCCCCCCCOc1ccc(N=Nc2ccc(C#N)cc2)cc1. The molecular formula is C70H87N10O3+. The van der Waals surface area contributed by atoms with Crippen LogP contribution in [-0.4, -0.2) is 51.0 Å². The number of hydrogen-bond donors (Lipinski definition) is 0. The molecule has 0 amide bonds. The molecule has 0 fully saturated rings. The zero-order chi connectivity index (χ0) is 58.1. The smallest absolute Gasteiger partial charge is 0.119 e. The summed E-state index contributed by atoms with van der Waals surface area (Å²) in [7, 11) is 2.54. The lowest BCUT2D eigenvalue weighted by molar-refractivity contribution is -0.910. The molecule has 13 nitrogen and oxygen atoms in total. The summed E-state index contributed by atoms with van der Waals surface area (Å²) < 4.78 is 19.3. The molecule has 0 atom stereocenters. The molecule has 0 aliphatic rings. The lowest BCUT2D eigenvalue weighted by Crippen LogP contribution is -2.46. The number of benzene rings is 6. The van der Waals surface area contributed by atoms with Gasteiger partial charge in [0.1, 0.15) is 17.2 Å². The van der Waals surface area contributed by atoms with Crippen molar-refractivity contribution >= 4 is 34.1 Å². The molecule has 0 heterocycles. The fourth-order valence-electron chi connectivity index (χ4n) is 9.86. The first-order valence-electron chi connectivity index (χ1n) is 30.7. The minimum atomic E-state index is 0.607. The predicted octanol–water partition coefficient (Wildman–Crippen LogP) is 20.9. The minimum Gasteiger partial charge on any atom is -0.494 e. The molecule has 0 bridgehead atoms. The Balaban J connectivity index is 0.790. The Bertz CT molecular complexity index is 2600. The van der Waals surface area contributed by atoms with Crippen molar-refractivity contribution in [2.75, 3.05) is 46.5 Å². The molecule has 0 aliphatic carbocycles. The molecule has 6 aromatic rings. The Morgan fingerprint density at radius 1 is 0.265 bits per heavy atom. The Morgan fingerprint density at radius 3 is 0.651 bits per heavy atom. The van der Waals surface area contributed by atoms with Gasteiger partial charge in [0.2, 0.25) is 0 Å². The fourth-order valence-corrected chi connectivity index (χ4v) is 9.86. The number of azo groups is 3. The number of hydrogen-bond acceptors (Lipinski definition) is 12. The summed E-state index contributed by atoms with van der Waals surface area (Å²) in [6.45, 7) is 6.08. The highest BCUT2D eigenvalue weighted by Crippen LogP contribution is 2.26. The van der Waals surface area contributed by atoms with Gasteiger partial charge < -0.3 is 18.7 Å². The second-order valence-corrected chi connectivity index (χ2v) is 21.9. The quantitative estimate of drug-likeness (QED) is 0.0209. The molecule has 0 aliphatic heterocycles. The normalized spacial score (nSPS) is 12.1. The molecule has 0 saturated heterocycles. The second-order valence-electron chi connectivity index (χ2n) is 21.9. The van der Waals surface area contributed by atoms with E-state index in [4.69, 9.17) is 30.0 Å². The van der Waals surface area contributed by atoms with Crippen LogP contribution in [0.15, 0.2) is 176 Å². The van der Waals surface area contributed by atoms with Crippen LogP contribution in [0, 0.1) is 34.0 Å². The molecule has 0 spiro atoms. The van der Waals surface area contributed by atoms with Gasteiger partial charge in [-0.05, 0) is 203 Å². The van der Waals surface area contributed by atoms with Crippen LogP contribution in [0.4, 0.5) is 34.1 Å². The first-order valence-corrected chi connectivity index (χ1v) is 30.7. The van der Waals surface area contributed by atoms with Gasteiger partial charge in [-0.15, -0.1) is 0 Å². The summed E-state index contributed by atoms with van der Waals surface area (Å²) in [6.07, 6.45) is 30.4. The number of rotatable bonds is 42. The average molecular weight is 1120 g/mol. The maximum atomic E-state index is 8.99. The van der Waals surface area contributed by atoms with Gasteiger partial charge in [-0.25, -0.2) is 0 Å². The topological polar surface area (TPSA) is 173 Å². The lowest BCUT2D eigenvalue weighted by atomic mass is 10.1. The Hall–Kier alpha value is -8.05. The van der Waals surface area contributed by atoms with E-state index in [9.17, 15) is 0 Å². The molecule has 0 unspecified atom stereocenters. The van der Waals surface area contributed by atoms with Crippen LogP contribution in [0.1, 0.15) is 171 Å². The zero-order valence-corrected chi connectivity index (χ0v) is 49.3. The van der Waals surface area contributed by atoms with E-state index in [1.165, 1.54) is 159 Å². The van der Waals surface area contributed by atoms with Crippen LogP contribution in [0.5, 0.6) is 17.2 Å². The molecule has 0 N–H and O–H groups in total. The summed E-state index contributed by atoms with van der Waals surface area (Å²) in [5.74, 6) is 2.57. The Labute approximate surface area is 495 Å². The van der Waals surface area contributed by atoms with Gasteiger partial charge in [0.15, 0.2) is 0 Å². The van der Waals surface area contributed by atoms with E-state index in [1.54, 1.807) is 72.8 Å². The van der Waals surface area contributed by atoms with Gasteiger partial charge in [0.05, 0.1) is 116 Å². The van der Waals surface area contributed by atoms with Crippen molar-refractivity contribution in [1.29, 1.82) is 15.8 Å². The summed E-state index contributed by atoms with van der Waals surface area (Å²) in [6, 6.07) is 50.7. The number of ether oxygens (including phenoxy) is 3. The van der Waals surface area contributed by atoms with Crippen molar-refractivity contribution in [3.8, 4) is 35.5 Å². The average Bonchev–Trinajstić information content (AvgIpc) is 3.53. The van der Waals surface area contributed by atoms with Crippen molar-refractivity contribution < 1.29 is 18.7 Å². The lowest BCUT2D eigenvalue weighted by Gasteiger charge is -2.35. The third-order valence-electron chi connectivity index (χ3n) is 14.9. The summed E-state index contributed by atoms with van der Waals surface area (Å²) in [5, 5.41) is 52.7. The van der Waals surface area contributed by atoms with Gasteiger partial charge in [-0.2, -0.15) is 46.5 Å². The number of unbranched alkanes of at least 4 members (excludes halogenated alkanes) is 21. The monoisotopic (exact) mass is 1120 g/mol. The van der Waals surface area contributed by atoms with Crippen molar-refractivity contribution in [2.45, 2.75) is 154 Å². The highest BCUT2D eigenvalue weighted by Gasteiger charge is 2.20. The summed E-state index contributed by atoms with van der Waals surface area (Å²) in [5.41, 5.74) is 6.26. The van der Waals surface area contributed by atoms with E-state index in [2.05, 4.69) is 55.9 Å². The largest absolute Gasteiger partial charge is 0.494 e. The van der Waals surface area contributed by atoms with Crippen LogP contribution in [0.25, 0.3) is 0 Å². The highest BCUT2D eigenvalue weighted by atomic mass is 16.5. The van der Waals surface area contributed by atoms with E-state index in [-0.39, 0.29) is 0 Å². The standard InChI is InChI=1S/C70H87N10O3/c1-80(50-20-14-8-2-5-11-17-23-53-81-68-44-38-65(39-45-68)77-74-62-32-26-59(56-71)27-33-62,51-21-15-9-3-6-12-18-24-54-82-69-46-40-66(41-47-69)78-75-63-34-28-60(57-72)29-35-63)52-22-16-10-4-7-13-19-25-55-83-70-48-42-67(43-49-70)79-76-64-36-30-61(58-73)31-37-64/h26-49H,2-25,50-55H2,1H3/q+1. The molecular weight excluding hydrogens is 1030 g/mol. The van der Waals surface area contributed by atoms with Gasteiger partial charge in [-0.3, -0.25) is 0 Å². The molecule has 13 heteroatoms. The molecule has 0 radical (unpaired) electrons. The van der Waals surface area contributed by atoms with Crippen LogP contribution in [-0.2, 0) is 0 Å². The predicted molar refractivity (Wildman–Crippen MR) is 333 cm³/mol. The van der Waals surface area contributed by atoms with Gasteiger partial charge in [-0.1, -0.05) is 96.3 Å². The maximum Gasteiger partial charge on any atom is 0.119 e. The van der Waals surface area contributed by atoms with E-state index in [0.717, 1.165) is 73.4 Å². The number of quaternary nitrogens is 1. The first kappa shape index (κ1) is 64.1. The van der Waals surface area contributed by atoms with Crippen LogP contribution in [0.2, 0.25) is 0 Å².